The van der Waals surface area contributed by atoms with Gasteiger partial charge in [-0.05, 0) is 53.6 Å². The van der Waals surface area contributed by atoms with E-state index in [1.54, 1.807) is 11.3 Å². The van der Waals surface area contributed by atoms with Gasteiger partial charge in [-0.15, -0.1) is 22.7 Å². The van der Waals surface area contributed by atoms with Crippen LogP contribution in [0.3, 0.4) is 0 Å². The Morgan fingerprint density at radius 1 is 1.53 bits per heavy atom. The van der Waals surface area contributed by atoms with Gasteiger partial charge < -0.3 is 5.32 Å². The van der Waals surface area contributed by atoms with E-state index in [-0.39, 0.29) is 6.04 Å². The molecule has 2 nitrogen and oxygen atoms in total. The number of hydrogen-bond donors (Lipinski definition) is 1. The molecule has 1 saturated carbocycles. The molecule has 0 aliphatic heterocycles. The highest BCUT2D eigenvalue weighted by atomic mass is 79.9. The molecule has 0 radical (unpaired) electrons. The van der Waals surface area contributed by atoms with E-state index in [0.717, 1.165) is 6.42 Å². The highest BCUT2D eigenvalue weighted by Gasteiger charge is 2.30. The Labute approximate surface area is 130 Å². The highest BCUT2D eigenvalue weighted by Crippen LogP contribution is 2.38. The molecule has 1 atom stereocenters. The molecule has 2 heterocycles. The molecule has 2 aromatic heterocycles. The van der Waals surface area contributed by atoms with Crippen molar-refractivity contribution in [2.24, 2.45) is 0 Å². The van der Waals surface area contributed by atoms with Gasteiger partial charge in [-0.2, -0.15) is 0 Å². The minimum absolute atomic E-state index is 0.255. The number of halogens is 1. The first-order valence-corrected chi connectivity index (χ1v) is 9.13. The predicted octanol–water partition coefficient (Wildman–Crippen LogP) is 4.68. The second-order valence-electron chi connectivity index (χ2n) is 4.92. The molecular formula is C14H17BrN2S2. The average molecular weight is 357 g/mol. The monoisotopic (exact) mass is 356 g/mol. The molecule has 2 aromatic rings. The smallest absolute Gasteiger partial charge is 0.116 e. The Bertz CT molecular complexity index is 572. The molecule has 0 spiro atoms. The molecule has 102 valence electrons. The van der Waals surface area contributed by atoms with E-state index in [4.69, 9.17) is 4.98 Å². The van der Waals surface area contributed by atoms with Crippen LogP contribution in [0.25, 0.3) is 0 Å². The van der Waals surface area contributed by atoms with Crippen molar-refractivity contribution < 1.29 is 0 Å². The molecule has 5 heteroatoms. The number of thiazole rings is 1. The van der Waals surface area contributed by atoms with Gasteiger partial charge in [0.1, 0.15) is 5.01 Å². The van der Waals surface area contributed by atoms with Crippen LogP contribution in [0.5, 0.6) is 0 Å². The van der Waals surface area contributed by atoms with Crippen LogP contribution >= 0.6 is 38.6 Å². The number of hydrogen-bond acceptors (Lipinski definition) is 4. The molecule has 0 bridgehead atoms. The lowest BCUT2D eigenvalue weighted by molar-refractivity contribution is 0.603. The second-order valence-corrected chi connectivity index (χ2v) is 7.95. The predicted molar refractivity (Wildman–Crippen MR) is 86.2 cm³/mol. The number of aryl methyl sites for hydroxylation is 2. The Balaban J connectivity index is 1.95. The first-order valence-electron chi connectivity index (χ1n) is 6.64. The fraction of sp³-hybridized carbons (Fsp3) is 0.500. The van der Waals surface area contributed by atoms with Crippen molar-refractivity contribution in [3.63, 3.8) is 0 Å². The molecule has 1 N–H and O–H groups in total. The zero-order valence-corrected chi connectivity index (χ0v) is 14.3. The van der Waals surface area contributed by atoms with Crippen LogP contribution in [0.4, 0.5) is 0 Å². The van der Waals surface area contributed by atoms with Gasteiger partial charge in [0.05, 0.1) is 11.7 Å². The fourth-order valence-corrected chi connectivity index (χ4v) is 4.98. The normalized spacial score (nSPS) is 16.8. The van der Waals surface area contributed by atoms with Crippen LogP contribution in [0.15, 0.2) is 15.9 Å². The standard InChI is InChI=1S/C14H17BrN2S2/c1-3-11-8(2)19-14(17-11)12(16-9-4-5-9)13-10(15)6-7-18-13/h6-7,9,12,16H,3-5H2,1-2H3. The zero-order chi connectivity index (χ0) is 13.4. The van der Waals surface area contributed by atoms with Crippen LogP contribution in [0.2, 0.25) is 0 Å². The van der Waals surface area contributed by atoms with Crippen molar-refractivity contribution in [3.8, 4) is 0 Å². The van der Waals surface area contributed by atoms with Crippen molar-refractivity contribution in [3.05, 3.63) is 36.4 Å². The van der Waals surface area contributed by atoms with E-state index in [0.29, 0.717) is 6.04 Å². The summed E-state index contributed by atoms with van der Waals surface area (Å²) in [6, 6.07) is 3.06. The van der Waals surface area contributed by atoms with Crippen LogP contribution in [0, 0.1) is 6.92 Å². The maximum absolute atomic E-state index is 4.85. The summed E-state index contributed by atoms with van der Waals surface area (Å²) in [5.74, 6) is 0. The quantitative estimate of drug-likeness (QED) is 0.841. The first kappa shape index (κ1) is 13.7. The molecule has 0 aromatic carbocycles. The van der Waals surface area contributed by atoms with Crippen molar-refractivity contribution in [2.45, 2.75) is 45.2 Å². The van der Waals surface area contributed by atoms with E-state index in [9.17, 15) is 0 Å². The van der Waals surface area contributed by atoms with Gasteiger partial charge in [-0.25, -0.2) is 4.98 Å². The second kappa shape index (κ2) is 5.64. The van der Waals surface area contributed by atoms with Crippen molar-refractivity contribution in [1.29, 1.82) is 0 Å². The number of thiophene rings is 1. The van der Waals surface area contributed by atoms with Crippen molar-refractivity contribution in [2.75, 3.05) is 0 Å². The third kappa shape index (κ3) is 2.94. The van der Waals surface area contributed by atoms with Crippen LogP contribution in [-0.2, 0) is 6.42 Å². The first-order chi connectivity index (χ1) is 9.19. The topological polar surface area (TPSA) is 24.9 Å². The molecule has 0 saturated heterocycles. The molecule has 1 fully saturated rings. The van der Waals surface area contributed by atoms with Crippen molar-refractivity contribution >= 4 is 38.6 Å². The number of nitrogens with zero attached hydrogens (tertiary/aromatic N) is 1. The van der Waals surface area contributed by atoms with E-state index >= 15 is 0 Å². The highest BCUT2D eigenvalue weighted by molar-refractivity contribution is 9.10. The Kier molecular flexibility index (Phi) is 4.08. The zero-order valence-electron chi connectivity index (χ0n) is 11.1. The number of rotatable bonds is 5. The lowest BCUT2D eigenvalue weighted by atomic mass is 10.2. The fourth-order valence-electron chi connectivity index (χ4n) is 2.16. The van der Waals surface area contributed by atoms with E-state index in [1.165, 1.54) is 37.8 Å². The number of aromatic nitrogens is 1. The van der Waals surface area contributed by atoms with E-state index in [2.05, 4.69) is 46.5 Å². The molecular weight excluding hydrogens is 340 g/mol. The van der Waals surface area contributed by atoms with Gasteiger partial charge in [-0.3, -0.25) is 0 Å². The summed E-state index contributed by atoms with van der Waals surface area (Å²) < 4.78 is 1.20. The van der Waals surface area contributed by atoms with E-state index in [1.807, 2.05) is 11.3 Å². The minimum Gasteiger partial charge on any atom is -0.301 e. The summed E-state index contributed by atoms with van der Waals surface area (Å²) in [5, 5.41) is 7.10. The molecule has 1 aliphatic carbocycles. The summed E-state index contributed by atoms with van der Waals surface area (Å²) in [6.07, 6.45) is 3.61. The lowest BCUT2D eigenvalue weighted by Gasteiger charge is -2.15. The average Bonchev–Trinajstić information content (AvgIpc) is 3.00. The van der Waals surface area contributed by atoms with Crippen LogP contribution < -0.4 is 5.32 Å². The Morgan fingerprint density at radius 2 is 2.32 bits per heavy atom. The summed E-state index contributed by atoms with van der Waals surface area (Å²) in [5.41, 5.74) is 1.25. The molecule has 0 amide bonds. The Morgan fingerprint density at radius 3 is 2.84 bits per heavy atom. The molecule has 3 rings (SSSR count). The summed E-state index contributed by atoms with van der Waals surface area (Å²) in [7, 11) is 0. The maximum atomic E-state index is 4.85. The van der Waals surface area contributed by atoms with Crippen molar-refractivity contribution in [1.82, 2.24) is 10.3 Å². The van der Waals surface area contributed by atoms with Crippen LogP contribution in [-0.4, -0.2) is 11.0 Å². The van der Waals surface area contributed by atoms with Crippen LogP contribution in [0.1, 0.15) is 46.3 Å². The number of nitrogens with one attached hydrogen (secondary N) is 1. The maximum Gasteiger partial charge on any atom is 0.116 e. The molecule has 1 unspecified atom stereocenters. The van der Waals surface area contributed by atoms with Gasteiger partial charge in [0.2, 0.25) is 0 Å². The van der Waals surface area contributed by atoms with Gasteiger partial charge in [0.15, 0.2) is 0 Å². The Hall–Kier alpha value is -0.230. The van der Waals surface area contributed by atoms with E-state index < -0.39 is 0 Å². The summed E-state index contributed by atoms with van der Waals surface area (Å²) in [4.78, 5) is 7.55. The van der Waals surface area contributed by atoms with Gasteiger partial charge >= 0.3 is 0 Å². The third-order valence-corrected chi connectivity index (χ3v) is 6.39. The summed E-state index contributed by atoms with van der Waals surface area (Å²) in [6.45, 7) is 4.36. The third-order valence-electron chi connectivity index (χ3n) is 3.38. The van der Waals surface area contributed by atoms with Gasteiger partial charge in [-0.1, -0.05) is 6.92 Å². The van der Waals surface area contributed by atoms with Gasteiger partial charge in [0.25, 0.3) is 0 Å². The molecule has 19 heavy (non-hydrogen) atoms. The lowest BCUT2D eigenvalue weighted by Crippen LogP contribution is -2.23. The van der Waals surface area contributed by atoms with Gasteiger partial charge in [0, 0.05) is 20.3 Å². The minimum atomic E-state index is 0.255. The summed E-state index contributed by atoms with van der Waals surface area (Å²) >= 11 is 7.30. The largest absolute Gasteiger partial charge is 0.301 e. The molecule has 1 aliphatic rings. The SMILES string of the molecule is CCc1nc(C(NC2CC2)c2sccc2Br)sc1C.